The lowest BCUT2D eigenvalue weighted by Gasteiger charge is -2.38. The molecule has 0 radical (unpaired) electrons. The van der Waals surface area contributed by atoms with Crippen LogP contribution < -0.4 is 19.3 Å². The third kappa shape index (κ3) is 5.38. The van der Waals surface area contributed by atoms with Gasteiger partial charge in [-0.05, 0) is 42.8 Å². The Hall–Kier alpha value is -3.00. The molecule has 2 saturated heterocycles. The fourth-order valence-corrected chi connectivity index (χ4v) is 5.03. The molecule has 0 aromatic heterocycles. The van der Waals surface area contributed by atoms with Crippen LogP contribution >= 0.6 is 0 Å². The molecule has 7 nitrogen and oxygen atoms in total. The number of ether oxygens (including phenoxy) is 3. The highest BCUT2D eigenvalue weighted by molar-refractivity contribution is 5.69. The first kappa shape index (κ1) is 24.1. The second kappa shape index (κ2) is 10.5. The maximum atomic E-state index is 14.4. The molecule has 2 aliphatic heterocycles. The smallest absolute Gasteiger partial charge is 0.305 e. The monoisotopic (exact) mass is 472 g/mol. The van der Waals surface area contributed by atoms with E-state index in [2.05, 4.69) is 11.8 Å². The molecular weight excluding hydrogens is 439 g/mol. The molecule has 2 heterocycles. The number of nitrogens with zero attached hydrogens (tertiary/aromatic N) is 2. The van der Waals surface area contributed by atoms with Crippen molar-refractivity contribution < 1.29 is 28.5 Å². The summed E-state index contributed by atoms with van der Waals surface area (Å²) in [7, 11) is 3.25. The van der Waals surface area contributed by atoms with Crippen LogP contribution in [-0.2, 0) is 9.53 Å². The Morgan fingerprint density at radius 3 is 2.50 bits per heavy atom. The maximum absolute atomic E-state index is 14.4. The quantitative estimate of drug-likeness (QED) is 0.618. The van der Waals surface area contributed by atoms with Gasteiger partial charge in [0.1, 0.15) is 23.4 Å². The van der Waals surface area contributed by atoms with E-state index in [1.165, 1.54) is 6.07 Å². The molecule has 4 atom stereocenters. The second-order valence-corrected chi connectivity index (χ2v) is 9.18. The molecule has 0 aliphatic carbocycles. The summed E-state index contributed by atoms with van der Waals surface area (Å²) in [4.78, 5) is 15.4. The molecule has 0 saturated carbocycles. The zero-order valence-electron chi connectivity index (χ0n) is 19.9. The van der Waals surface area contributed by atoms with Gasteiger partial charge in [0.2, 0.25) is 0 Å². The van der Waals surface area contributed by atoms with E-state index in [0.29, 0.717) is 37.5 Å². The molecule has 2 fully saturated rings. The number of carboxylic acid groups (broad SMARTS) is 1. The van der Waals surface area contributed by atoms with Crippen LogP contribution in [0.5, 0.6) is 11.5 Å². The number of carboxylic acids is 1. The number of aliphatic carboxylic acids is 1. The normalized spacial score (nSPS) is 24.8. The van der Waals surface area contributed by atoms with E-state index >= 15 is 0 Å². The largest absolute Gasteiger partial charge is 0.497 e. The maximum Gasteiger partial charge on any atom is 0.305 e. The standard InChI is InChI=1S/C26H33FN2O5/c1-17-15-28(24-14-21(32-2)8-9-23(24)27)11-10-25(17)34-20-6-4-18(5-7-20)29-16-22(33-3)12-19(29)13-26(30)31/h4-9,14,17,19,22,25H,10-13,15-16H2,1-3H3,(H,30,31)/t17?,19-,22-,25?/m1/s1. The summed E-state index contributed by atoms with van der Waals surface area (Å²) in [6.45, 7) is 4.18. The van der Waals surface area contributed by atoms with Gasteiger partial charge >= 0.3 is 5.97 Å². The average Bonchev–Trinajstić information content (AvgIpc) is 3.23. The summed E-state index contributed by atoms with van der Waals surface area (Å²) in [5.41, 5.74) is 1.53. The van der Waals surface area contributed by atoms with E-state index in [1.54, 1.807) is 26.4 Å². The number of carbonyl (C=O) groups is 1. The van der Waals surface area contributed by atoms with Gasteiger partial charge in [-0.2, -0.15) is 0 Å². The van der Waals surface area contributed by atoms with Gasteiger partial charge in [-0.1, -0.05) is 6.92 Å². The zero-order chi connectivity index (χ0) is 24.2. The summed E-state index contributed by atoms with van der Waals surface area (Å²) < 4.78 is 31.4. The van der Waals surface area contributed by atoms with Crippen molar-refractivity contribution in [1.82, 2.24) is 0 Å². The number of hydrogen-bond acceptors (Lipinski definition) is 6. The van der Waals surface area contributed by atoms with Gasteiger partial charge in [0, 0.05) is 56.9 Å². The number of halogens is 1. The van der Waals surface area contributed by atoms with Crippen LogP contribution in [0.15, 0.2) is 42.5 Å². The van der Waals surface area contributed by atoms with E-state index in [0.717, 1.165) is 17.9 Å². The van der Waals surface area contributed by atoms with Gasteiger partial charge in [-0.15, -0.1) is 0 Å². The van der Waals surface area contributed by atoms with Gasteiger partial charge in [0.25, 0.3) is 0 Å². The molecule has 2 aliphatic rings. The first-order valence-electron chi connectivity index (χ1n) is 11.7. The lowest BCUT2D eigenvalue weighted by Crippen LogP contribution is -2.44. The molecule has 184 valence electrons. The van der Waals surface area contributed by atoms with E-state index < -0.39 is 5.97 Å². The highest BCUT2D eigenvalue weighted by Gasteiger charge is 2.34. The summed E-state index contributed by atoms with van der Waals surface area (Å²) >= 11 is 0. The number of methoxy groups -OCH3 is 2. The fraction of sp³-hybridized carbons (Fsp3) is 0.500. The molecule has 2 aromatic rings. The highest BCUT2D eigenvalue weighted by atomic mass is 19.1. The van der Waals surface area contributed by atoms with Crippen LogP contribution in [-0.4, -0.2) is 63.2 Å². The minimum absolute atomic E-state index is 0.0280. The summed E-state index contributed by atoms with van der Waals surface area (Å²) in [5.74, 6) is 0.574. The lowest BCUT2D eigenvalue weighted by atomic mass is 9.95. The van der Waals surface area contributed by atoms with E-state index in [9.17, 15) is 14.3 Å². The molecular formula is C26H33FN2O5. The fourth-order valence-electron chi connectivity index (χ4n) is 5.03. The number of piperidine rings is 1. The predicted octanol–water partition coefficient (Wildman–Crippen LogP) is 4.20. The molecule has 4 rings (SSSR count). The van der Waals surface area contributed by atoms with Gasteiger partial charge < -0.3 is 29.1 Å². The third-order valence-electron chi connectivity index (χ3n) is 6.90. The summed E-state index contributed by atoms with van der Waals surface area (Å²) in [5, 5.41) is 9.26. The number of anilines is 2. The van der Waals surface area contributed by atoms with Gasteiger partial charge in [0.05, 0.1) is 25.3 Å². The third-order valence-corrected chi connectivity index (χ3v) is 6.90. The van der Waals surface area contributed by atoms with Crippen molar-refractivity contribution in [3.8, 4) is 11.5 Å². The van der Waals surface area contributed by atoms with Gasteiger partial charge in [-0.3, -0.25) is 4.79 Å². The first-order chi connectivity index (χ1) is 16.4. The Morgan fingerprint density at radius 2 is 1.85 bits per heavy atom. The van der Waals surface area contributed by atoms with Crippen molar-refractivity contribution in [1.29, 1.82) is 0 Å². The van der Waals surface area contributed by atoms with Crippen LogP contribution in [0.4, 0.5) is 15.8 Å². The molecule has 0 amide bonds. The van der Waals surface area contributed by atoms with Crippen LogP contribution in [0.3, 0.4) is 0 Å². The van der Waals surface area contributed by atoms with Gasteiger partial charge in [0.15, 0.2) is 0 Å². The number of hydrogen-bond donors (Lipinski definition) is 1. The highest BCUT2D eigenvalue weighted by Crippen LogP contribution is 2.33. The minimum atomic E-state index is -0.805. The van der Waals surface area contributed by atoms with E-state index in [4.69, 9.17) is 14.2 Å². The van der Waals surface area contributed by atoms with Crippen molar-refractivity contribution in [3.05, 3.63) is 48.3 Å². The first-order valence-corrected chi connectivity index (χ1v) is 11.7. The van der Waals surface area contributed by atoms with Crippen molar-refractivity contribution >= 4 is 17.3 Å². The van der Waals surface area contributed by atoms with E-state index in [-0.39, 0.29) is 36.4 Å². The number of benzene rings is 2. The Bertz CT molecular complexity index is 986. The molecule has 2 unspecified atom stereocenters. The van der Waals surface area contributed by atoms with Crippen LogP contribution in [0, 0.1) is 11.7 Å². The Labute approximate surface area is 200 Å². The van der Waals surface area contributed by atoms with Crippen molar-refractivity contribution in [3.63, 3.8) is 0 Å². The second-order valence-electron chi connectivity index (χ2n) is 9.18. The van der Waals surface area contributed by atoms with E-state index in [1.807, 2.05) is 29.2 Å². The molecule has 34 heavy (non-hydrogen) atoms. The van der Waals surface area contributed by atoms with Crippen LogP contribution in [0.25, 0.3) is 0 Å². The zero-order valence-corrected chi connectivity index (χ0v) is 19.9. The molecule has 8 heteroatoms. The number of rotatable bonds is 8. The summed E-state index contributed by atoms with van der Waals surface area (Å²) in [6.07, 6.45) is 1.62. The van der Waals surface area contributed by atoms with Crippen LogP contribution in [0.2, 0.25) is 0 Å². The molecule has 2 aromatic carbocycles. The molecule has 1 N–H and O–H groups in total. The topological polar surface area (TPSA) is 71.5 Å². The van der Waals surface area contributed by atoms with Crippen molar-refractivity contribution in [2.45, 2.75) is 44.4 Å². The van der Waals surface area contributed by atoms with Crippen LogP contribution in [0.1, 0.15) is 26.2 Å². The minimum Gasteiger partial charge on any atom is -0.497 e. The van der Waals surface area contributed by atoms with Crippen molar-refractivity contribution in [2.24, 2.45) is 5.92 Å². The average molecular weight is 473 g/mol. The lowest BCUT2D eigenvalue weighted by molar-refractivity contribution is -0.137. The molecule has 0 spiro atoms. The van der Waals surface area contributed by atoms with Gasteiger partial charge in [-0.25, -0.2) is 4.39 Å². The SMILES string of the molecule is COc1ccc(F)c(N2CCC(Oc3ccc(N4C[C@H](OC)C[C@@H]4CC(=O)O)cc3)C(C)C2)c1. The Morgan fingerprint density at radius 1 is 1.12 bits per heavy atom. The van der Waals surface area contributed by atoms with Crippen molar-refractivity contribution in [2.75, 3.05) is 43.7 Å². The molecule has 0 bridgehead atoms. The summed E-state index contributed by atoms with van der Waals surface area (Å²) in [6, 6.07) is 12.6. The Balaban J connectivity index is 1.38. The predicted molar refractivity (Wildman–Crippen MR) is 129 cm³/mol. The Kier molecular flexibility index (Phi) is 7.46.